The number of nitrogens with two attached hydrogens (primary N) is 1. The monoisotopic (exact) mass is 274 g/mol. The molecule has 0 aliphatic carbocycles. The van der Waals surface area contributed by atoms with Crippen molar-refractivity contribution in [1.29, 1.82) is 0 Å². The zero-order chi connectivity index (χ0) is 13.9. The third kappa shape index (κ3) is 3.51. The first kappa shape index (κ1) is 15.1. The summed E-state index contributed by atoms with van der Waals surface area (Å²) in [6, 6.07) is 2.19. The number of benzene rings is 1. The van der Waals surface area contributed by atoms with E-state index in [-0.39, 0.29) is 10.9 Å². The molecule has 0 amide bonds. The van der Waals surface area contributed by atoms with E-state index in [4.69, 9.17) is 5.73 Å². The van der Waals surface area contributed by atoms with Gasteiger partial charge in [0.25, 0.3) is 0 Å². The highest BCUT2D eigenvalue weighted by molar-refractivity contribution is 7.89. The van der Waals surface area contributed by atoms with Crippen LogP contribution in [0.25, 0.3) is 0 Å². The van der Waals surface area contributed by atoms with Gasteiger partial charge in [-0.25, -0.2) is 17.5 Å². The Morgan fingerprint density at radius 2 is 1.83 bits per heavy atom. The Balaban J connectivity index is 3.13. The van der Waals surface area contributed by atoms with Crippen LogP contribution in [0.4, 0.5) is 4.39 Å². The lowest BCUT2D eigenvalue weighted by Gasteiger charge is -2.16. The molecule has 1 aromatic carbocycles. The van der Waals surface area contributed by atoms with Crippen molar-refractivity contribution < 1.29 is 12.8 Å². The summed E-state index contributed by atoms with van der Waals surface area (Å²) in [5.74, 6) is -0.432. The Morgan fingerprint density at radius 1 is 1.33 bits per heavy atom. The van der Waals surface area contributed by atoms with Crippen LogP contribution in [-0.2, 0) is 10.0 Å². The molecule has 6 heteroatoms. The van der Waals surface area contributed by atoms with Gasteiger partial charge in [0.1, 0.15) is 5.82 Å². The molecule has 3 N–H and O–H groups in total. The molecular weight excluding hydrogens is 255 g/mol. The second-order valence-corrected chi connectivity index (χ2v) is 6.12. The molecule has 0 aliphatic heterocycles. The Kier molecular flexibility index (Phi) is 4.84. The summed E-state index contributed by atoms with van der Waals surface area (Å²) < 4.78 is 40.1. The lowest BCUT2D eigenvalue weighted by Crippen LogP contribution is -2.34. The predicted molar refractivity (Wildman–Crippen MR) is 69.3 cm³/mol. The van der Waals surface area contributed by atoms with Crippen LogP contribution in [0.2, 0.25) is 0 Å². The van der Waals surface area contributed by atoms with Crippen LogP contribution in [0, 0.1) is 19.7 Å². The lowest BCUT2D eigenvalue weighted by atomic mass is 10.1. The van der Waals surface area contributed by atoms with Gasteiger partial charge in [0, 0.05) is 6.04 Å². The minimum atomic E-state index is -3.63. The lowest BCUT2D eigenvalue weighted by molar-refractivity contribution is 0.548. The molecule has 0 saturated carbocycles. The average Bonchev–Trinajstić information content (AvgIpc) is 2.13. The van der Waals surface area contributed by atoms with E-state index in [0.717, 1.165) is 0 Å². The summed E-state index contributed by atoms with van der Waals surface area (Å²) in [6.07, 6.45) is 0.554. The molecule has 0 aliphatic rings. The van der Waals surface area contributed by atoms with E-state index in [9.17, 15) is 12.8 Å². The standard InChI is InChI=1S/C12H19FN2O2S/c1-8-6-11(13)7-9(2)12(8)18(16,17)15-10(3)4-5-14/h6-7,10,15H,4-5,14H2,1-3H3. The highest BCUT2D eigenvalue weighted by Crippen LogP contribution is 2.21. The maximum atomic E-state index is 13.1. The zero-order valence-electron chi connectivity index (χ0n) is 10.8. The van der Waals surface area contributed by atoms with Gasteiger partial charge in [0.05, 0.1) is 4.90 Å². The third-order valence-corrected chi connectivity index (χ3v) is 4.54. The Morgan fingerprint density at radius 3 is 2.28 bits per heavy atom. The zero-order valence-corrected chi connectivity index (χ0v) is 11.6. The quantitative estimate of drug-likeness (QED) is 0.853. The number of nitrogens with one attached hydrogen (secondary N) is 1. The van der Waals surface area contributed by atoms with Gasteiger partial charge in [-0.3, -0.25) is 0 Å². The fourth-order valence-corrected chi connectivity index (χ4v) is 3.69. The van der Waals surface area contributed by atoms with Crippen molar-refractivity contribution in [2.75, 3.05) is 6.54 Å². The van der Waals surface area contributed by atoms with E-state index in [2.05, 4.69) is 4.72 Å². The highest BCUT2D eigenvalue weighted by Gasteiger charge is 2.22. The van der Waals surface area contributed by atoms with Gasteiger partial charge < -0.3 is 5.73 Å². The number of aryl methyl sites for hydroxylation is 2. The molecule has 0 bridgehead atoms. The Hall–Kier alpha value is -0.980. The molecular formula is C12H19FN2O2S. The normalized spacial score (nSPS) is 13.6. The molecule has 0 radical (unpaired) electrons. The van der Waals surface area contributed by atoms with E-state index in [1.54, 1.807) is 20.8 Å². The van der Waals surface area contributed by atoms with Crippen molar-refractivity contribution in [2.45, 2.75) is 38.1 Å². The van der Waals surface area contributed by atoms with Crippen LogP contribution in [0.15, 0.2) is 17.0 Å². The van der Waals surface area contributed by atoms with Crippen LogP contribution >= 0.6 is 0 Å². The van der Waals surface area contributed by atoms with Gasteiger partial charge in [0.15, 0.2) is 0 Å². The molecule has 0 spiro atoms. The van der Waals surface area contributed by atoms with E-state index >= 15 is 0 Å². The van der Waals surface area contributed by atoms with Crippen LogP contribution in [0.3, 0.4) is 0 Å². The van der Waals surface area contributed by atoms with Gasteiger partial charge in [-0.2, -0.15) is 0 Å². The Labute approximate surface area is 107 Å². The van der Waals surface area contributed by atoms with Crippen molar-refractivity contribution in [2.24, 2.45) is 5.73 Å². The van der Waals surface area contributed by atoms with Gasteiger partial charge in [-0.15, -0.1) is 0 Å². The van der Waals surface area contributed by atoms with Crippen molar-refractivity contribution in [1.82, 2.24) is 4.72 Å². The summed E-state index contributed by atoms with van der Waals surface area (Å²) in [6.45, 7) is 5.32. The maximum Gasteiger partial charge on any atom is 0.241 e. The fraction of sp³-hybridized carbons (Fsp3) is 0.500. The summed E-state index contributed by atoms with van der Waals surface area (Å²) in [7, 11) is -3.63. The second-order valence-electron chi connectivity index (χ2n) is 4.47. The topological polar surface area (TPSA) is 72.2 Å². The summed E-state index contributed by atoms with van der Waals surface area (Å²) >= 11 is 0. The number of sulfonamides is 1. The largest absolute Gasteiger partial charge is 0.330 e. The Bertz CT molecular complexity index is 506. The van der Waals surface area contributed by atoms with Gasteiger partial charge in [0.2, 0.25) is 10.0 Å². The van der Waals surface area contributed by atoms with E-state index in [1.165, 1.54) is 12.1 Å². The molecule has 1 aromatic rings. The minimum absolute atomic E-state index is 0.146. The third-order valence-electron chi connectivity index (χ3n) is 2.65. The van der Waals surface area contributed by atoms with Crippen LogP contribution in [-0.4, -0.2) is 21.0 Å². The van der Waals surface area contributed by atoms with Crippen molar-refractivity contribution in [3.63, 3.8) is 0 Å². The molecule has 1 atom stereocenters. The van der Waals surface area contributed by atoms with Crippen molar-refractivity contribution in [3.05, 3.63) is 29.1 Å². The van der Waals surface area contributed by atoms with E-state index < -0.39 is 15.8 Å². The minimum Gasteiger partial charge on any atom is -0.330 e. The number of hydrogen-bond donors (Lipinski definition) is 2. The number of hydrogen-bond acceptors (Lipinski definition) is 3. The van der Waals surface area contributed by atoms with Crippen molar-refractivity contribution in [3.8, 4) is 0 Å². The first-order valence-electron chi connectivity index (χ1n) is 5.77. The first-order chi connectivity index (χ1) is 8.27. The van der Waals surface area contributed by atoms with Crippen LogP contribution in [0.1, 0.15) is 24.5 Å². The van der Waals surface area contributed by atoms with Crippen molar-refractivity contribution >= 4 is 10.0 Å². The molecule has 18 heavy (non-hydrogen) atoms. The van der Waals surface area contributed by atoms with Gasteiger partial charge in [-0.05, 0) is 57.0 Å². The average molecular weight is 274 g/mol. The molecule has 1 rings (SSSR count). The van der Waals surface area contributed by atoms with E-state index in [1.807, 2.05) is 0 Å². The summed E-state index contributed by atoms with van der Waals surface area (Å²) in [5, 5.41) is 0. The molecule has 0 aromatic heterocycles. The smallest absolute Gasteiger partial charge is 0.241 e. The van der Waals surface area contributed by atoms with Gasteiger partial charge in [-0.1, -0.05) is 0 Å². The van der Waals surface area contributed by atoms with Crippen LogP contribution in [0.5, 0.6) is 0 Å². The predicted octanol–water partition coefficient (Wildman–Crippen LogP) is 1.46. The molecule has 0 saturated heterocycles. The molecule has 4 nitrogen and oxygen atoms in total. The summed E-state index contributed by atoms with van der Waals surface area (Å²) in [4.78, 5) is 0.146. The summed E-state index contributed by atoms with van der Waals surface area (Å²) in [5.41, 5.74) is 6.19. The molecule has 0 heterocycles. The molecule has 102 valence electrons. The second kappa shape index (κ2) is 5.77. The number of halogens is 1. The maximum absolute atomic E-state index is 13.1. The first-order valence-corrected chi connectivity index (χ1v) is 7.25. The molecule has 1 unspecified atom stereocenters. The fourth-order valence-electron chi connectivity index (χ4n) is 1.95. The SMILES string of the molecule is Cc1cc(F)cc(C)c1S(=O)(=O)NC(C)CCN. The highest BCUT2D eigenvalue weighted by atomic mass is 32.2. The molecule has 0 fully saturated rings. The van der Waals surface area contributed by atoms with Gasteiger partial charge >= 0.3 is 0 Å². The number of rotatable bonds is 5. The van der Waals surface area contributed by atoms with E-state index in [0.29, 0.717) is 24.1 Å². The van der Waals surface area contributed by atoms with Crippen LogP contribution < -0.4 is 10.5 Å².